The standard InChI is InChI=1S/C20H16FNO3S/c1-2-13-7-9-14(10-8-13)19-22-17(12-26-19)20(24)25-11-18(23)15-5-3-4-6-16(15)21/h3-10,12H,2,11H2,1H3. The van der Waals surface area contributed by atoms with Crippen molar-refractivity contribution in [2.45, 2.75) is 13.3 Å². The Morgan fingerprint density at radius 3 is 2.54 bits per heavy atom. The number of hydrogen-bond acceptors (Lipinski definition) is 5. The third-order valence-electron chi connectivity index (χ3n) is 3.83. The lowest BCUT2D eigenvalue weighted by molar-refractivity contribution is 0.0468. The molecule has 0 aliphatic heterocycles. The Morgan fingerprint density at radius 1 is 1.12 bits per heavy atom. The number of rotatable bonds is 6. The van der Waals surface area contributed by atoms with Gasteiger partial charge in [-0.15, -0.1) is 11.3 Å². The van der Waals surface area contributed by atoms with Crippen LogP contribution in [0, 0.1) is 5.82 Å². The van der Waals surface area contributed by atoms with E-state index >= 15 is 0 Å². The molecule has 132 valence electrons. The molecule has 0 fully saturated rings. The van der Waals surface area contributed by atoms with Gasteiger partial charge < -0.3 is 4.74 Å². The molecule has 3 aromatic rings. The maximum atomic E-state index is 13.6. The predicted molar refractivity (Wildman–Crippen MR) is 97.9 cm³/mol. The smallest absolute Gasteiger partial charge is 0.358 e. The van der Waals surface area contributed by atoms with Gasteiger partial charge in [-0.25, -0.2) is 14.2 Å². The summed E-state index contributed by atoms with van der Waals surface area (Å²) >= 11 is 1.32. The molecule has 6 heteroatoms. The number of carbonyl (C=O) groups is 2. The van der Waals surface area contributed by atoms with Gasteiger partial charge in [0.1, 0.15) is 10.8 Å². The van der Waals surface area contributed by atoms with Crippen molar-refractivity contribution in [3.63, 3.8) is 0 Å². The number of carbonyl (C=O) groups excluding carboxylic acids is 2. The zero-order valence-corrected chi connectivity index (χ0v) is 14.9. The van der Waals surface area contributed by atoms with Crippen LogP contribution in [0.15, 0.2) is 53.9 Å². The van der Waals surface area contributed by atoms with Gasteiger partial charge in [0.25, 0.3) is 0 Å². The highest BCUT2D eigenvalue weighted by Gasteiger charge is 2.17. The number of esters is 1. The number of aryl methyl sites for hydroxylation is 1. The van der Waals surface area contributed by atoms with Crippen molar-refractivity contribution >= 4 is 23.1 Å². The minimum Gasteiger partial charge on any atom is -0.453 e. The van der Waals surface area contributed by atoms with Gasteiger partial charge in [-0.3, -0.25) is 4.79 Å². The van der Waals surface area contributed by atoms with Gasteiger partial charge in [-0.2, -0.15) is 0 Å². The molecule has 0 atom stereocenters. The van der Waals surface area contributed by atoms with Gasteiger partial charge in [-0.05, 0) is 24.1 Å². The fourth-order valence-electron chi connectivity index (χ4n) is 2.35. The van der Waals surface area contributed by atoms with Crippen LogP contribution in [-0.4, -0.2) is 23.3 Å². The van der Waals surface area contributed by atoms with Gasteiger partial charge in [0.05, 0.1) is 5.56 Å². The molecule has 0 saturated carbocycles. The molecule has 0 spiro atoms. The quantitative estimate of drug-likeness (QED) is 0.472. The summed E-state index contributed by atoms with van der Waals surface area (Å²) in [5, 5.41) is 2.28. The van der Waals surface area contributed by atoms with E-state index < -0.39 is 24.2 Å². The first-order valence-electron chi connectivity index (χ1n) is 8.08. The van der Waals surface area contributed by atoms with E-state index in [-0.39, 0.29) is 11.3 Å². The molecule has 0 radical (unpaired) electrons. The average molecular weight is 369 g/mol. The molecule has 0 aliphatic rings. The van der Waals surface area contributed by atoms with Crippen LogP contribution in [0.5, 0.6) is 0 Å². The number of hydrogen-bond donors (Lipinski definition) is 0. The lowest BCUT2D eigenvalue weighted by Gasteiger charge is -2.03. The number of ether oxygens (including phenoxy) is 1. The molecule has 0 aliphatic carbocycles. The second-order valence-corrected chi connectivity index (χ2v) is 6.43. The number of aromatic nitrogens is 1. The first-order valence-corrected chi connectivity index (χ1v) is 8.96. The fraction of sp³-hybridized carbons (Fsp3) is 0.150. The third kappa shape index (κ3) is 4.03. The van der Waals surface area contributed by atoms with E-state index in [4.69, 9.17) is 4.74 Å². The molecule has 1 heterocycles. The summed E-state index contributed by atoms with van der Waals surface area (Å²) in [7, 11) is 0. The second kappa shape index (κ2) is 8.01. The number of nitrogens with zero attached hydrogens (tertiary/aromatic N) is 1. The van der Waals surface area contributed by atoms with Crippen molar-refractivity contribution in [3.05, 3.63) is 76.5 Å². The van der Waals surface area contributed by atoms with Crippen LogP contribution in [0.3, 0.4) is 0 Å². The highest BCUT2D eigenvalue weighted by molar-refractivity contribution is 7.13. The number of halogens is 1. The first kappa shape index (κ1) is 17.9. The van der Waals surface area contributed by atoms with Gasteiger partial charge in [0.2, 0.25) is 5.78 Å². The Bertz CT molecular complexity index is 934. The molecule has 0 N–H and O–H groups in total. The van der Waals surface area contributed by atoms with Crippen molar-refractivity contribution in [1.82, 2.24) is 4.98 Å². The van der Waals surface area contributed by atoms with E-state index in [1.165, 1.54) is 35.1 Å². The zero-order chi connectivity index (χ0) is 18.5. The maximum absolute atomic E-state index is 13.6. The maximum Gasteiger partial charge on any atom is 0.358 e. The van der Waals surface area contributed by atoms with Crippen molar-refractivity contribution in [2.75, 3.05) is 6.61 Å². The van der Waals surface area contributed by atoms with E-state index in [0.29, 0.717) is 5.01 Å². The van der Waals surface area contributed by atoms with Crippen molar-refractivity contribution in [3.8, 4) is 10.6 Å². The summed E-state index contributed by atoms with van der Waals surface area (Å²) < 4.78 is 18.5. The topological polar surface area (TPSA) is 56.3 Å². The molecule has 0 bridgehead atoms. The number of Topliss-reactive ketones (excluding diaryl/α,β-unsaturated/α-hetero) is 1. The van der Waals surface area contributed by atoms with Crippen molar-refractivity contribution in [2.24, 2.45) is 0 Å². The highest BCUT2D eigenvalue weighted by Crippen LogP contribution is 2.24. The van der Waals surface area contributed by atoms with E-state index in [1.54, 1.807) is 11.4 Å². The summed E-state index contributed by atoms with van der Waals surface area (Å²) in [6.45, 7) is 1.55. The minimum atomic E-state index is -0.706. The fourth-order valence-corrected chi connectivity index (χ4v) is 3.15. The van der Waals surface area contributed by atoms with Crippen LogP contribution in [0.25, 0.3) is 10.6 Å². The minimum absolute atomic E-state index is 0.102. The normalized spacial score (nSPS) is 10.5. The number of ketones is 1. The largest absolute Gasteiger partial charge is 0.453 e. The van der Waals surface area contributed by atoms with Gasteiger partial charge in [0, 0.05) is 10.9 Å². The van der Waals surface area contributed by atoms with Gasteiger partial charge in [0.15, 0.2) is 12.3 Å². The van der Waals surface area contributed by atoms with E-state index in [9.17, 15) is 14.0 Å². The molecule has 26 heavy (non-hydrogen) atoms. The van der Waals surface area contributed by atoms with Gasteiger partial charge >= 0.3 is 5.97 Å². The lowest BCUT2D eigenvalue weighted by atomic mass is 10.1. The SMILES string of the molecule is CCc1ccc(-c2nc(C(=O)OCC(=O)c3ccccc3F)cs2)cc1. The Morgan fingerprint density at radius 2 is 1.85 bits per heavy atom. The van der Waals surface area contributed by atoms with Gasteiger partial charge in [-0.1, -0.05) is 43.3 Å². The number of thiazole rings is 1. The second-order valence-electron chi connectivity index (χ2n) is 5.57. The first-order chi connectivity index (χ1) is 12.6. The Hall–Kier alpha value is -2.86. The summed E-state index contributed by atoms with van der Waals surface area (Å²) in [5.41, 5.74) is 2.16. The molecule has 4 nitrogen and oxygen atoms in total. The predicted octanol–water partition coefficient (Wildman–Crippen LogP) is 4.55. The summed E-state index contributed by atoms with van der Waals surface area (Å²) in [4.78, 5) is 28.3. The Balaban J connectivity index is 1.64. The van der Waals surface area contributed by atoms with Crippen molar-refractivity contribution in [1.29, 1.82) is 0 Å². The monoisotopic (exact) mass is 369 g/mol. The Labute approximate surface area is 154 Å². The third-order valence-corrected chi connectivity index (χ3v) is 4.72. The molecule has 1 aromatic heterocycles. The van der Waals surface area contributed by atoms with Crippen LogP contribution < -0.4 is 0 Å². The summed E-state index contributed by atoms with van der Waals surface area (Å²) in [5.74, 6) is -1.94. The van der Waals surface area contributed by atoms with Crippen LogP contribution in [0.4, 0.5) is 4.39 Å². The average Bonchev–Trinajstić information content (AvgIpc) is 3.16. The zero-order valence-electron chi connectivity index (χ0n) is 14.1. The number of benzene rings is 2. The van der Waals surface area contributed by atoms with Crippen LogP contribution in [0.2, 0.25) is 0 Å². The van der Waals surface area contributed by atoms with E-state index in [0.717, 1.165) is 12.0 Å². The summed E-state index contributed by atoms with van der Waals surface area (Å²) in [6, 6.07) is 13.5. The van der Waals surface area contributed by atoms with E-state index in [2.05, 4.69) is 11.9 Å². The van der Waals surface area contributed by atoms with Crippen LogP contribution in [0.1, 0.15) is 33.3 Å². The molecule has 0 unspecified atom stereocenters. The molecular formula is C20H16FNO3S. The Kier molecular flexibility index (Phi) is 5.53. The highest BCUT2D eigenvalue weighted by atomic mass is 32.1. The molecular weight excluding hydrogens is 353 g/mol. The van der Waals surface area contributed by atoms with Crippen LogP contribution >= 0.6 is 11.3 Å². The molecule has 0 saturated heterocycles. The summed E-state index contributed by atoms with van der Waals surface area (Å²) in [6.07, 6.45) is 0.950. The van der Waals surface area contributed by atoms with E-state index in [1.807, 2.05) is 24.3 Å². The van der Waals surface area contributed by atoms with Crippen LogP contribution in [-0.2, 0) is 11.2 Å². The lowest BCUT2D eigenvalue weighted by Crippen LogP contribution is -2.15. The molecule has 2 aromatic carbocycles. The van der Waals surface area contributed by atoms with Crippen molar-refractivity contribution < 1.29 is 18.7 Å². The molecule has 0 amide bonds. The molecule has 3 rings (SSSR count).